The number of nitrogens with one attached hydrogen (secondary N) is 2. The van der Waals surface area contributed by atoms with Crippen molar-refractivity contribution in [2.45, 2.75) is 16.9 Å². The molecule has 1 aliphatic rings. The molecule has 1 aliphatic heterocycles. The number of alkyl halides is 3. The first-order valence-electron chi connectivity index (χ1n) is 8.61. The largest absolute Gasteiger partial charge is 0.446 e. The summed E-state index contributed by atoms with van der Waals surface area (Å²) in [5.41, 5.74) is -3.77. The number of nitrogens with zero attached hydrogens (tertiary/aromatic N) is 3. The molecule has 0 saturated carbocycles. The van der Waals surface area contributed by atoms with E-state index in [1.807, 2.05) is 0 Å². The molecule has 0 unspecified atom stereocenters. The SMILES string of the molecule is CNS(=O)(=O)Nc1cc(CN2CC(=O)N(c3ccc(SC(F)(F)F)cc3)C2=O)ccn1. The predicted molar refractivity (Wildman–Crippen MR) is 107 cm³/mol. The van der Waals surface area contributed by atoms with Crippen LogP contribution < -0.4 is 14.3 Å². The summed E-state index contributed by atoms with van der Waals surface area (Å²) in [6.07, 6.45) is 1.35. The maximum atomic E-state index is 12.7. The Kier molecular flexibility index (Phi) is 6.43. The van der Waals surface area contributed by atoms with E-state index in [-0.39, 0.29) is 41.3 Å². The second-order valence-corrected chi connectivity index (χ2v) is 9.03. The third kappa shape index (κ3) is 5.86. The third-order valence-corrected chi connectivity index (χ3v) is 5.83. The fourth-order valence-electron chi connectivity index (χ4n) is 2.76. The Balaban J connectivity index is 1.72. The minimum absolute atomic E-state index is 0.000115. The molecular formula is C17H16F3N5O4S2. The van der Waals surface area contributed by atoms with Crippen LogP contribution in [-0.4, -0.2) is 49.3 Å². The standard InChI is InChI=1S/C17H16F3N5O4S2/c1-21-31(28,29)23-14-8-11(6-7-22-14)9-24-10-15(26)25(16(24)27)12-2-4-13(5-3-12)30-17(18,19)20/h2-8,21H,9-10H2,1H3,(H,22,23). The number of hydrogen-bond acceptors (Lipinski definition) is 6. The summed E-state index contributed by atoms with van der Waals surface area (Å²) in [4.78, 5) is 31.0. The summed E-state index contributed by atoms with van der Waals surface area (Å²) in [7, 11) is -2.55. The lowest BCUT2D eigenvalue weighted by Gasteiger charge is -2.18. The molecule has 0 aliphatic carbocycles. The minimum atomic E-state index is -4.44. The minimum Gasteiger partial charge on any atom is -0.310 e. The van der Waals surface area contributed by atoms with Gasteiger partial charge in [-0.1, -0.05) is 0 Å². The molecule has 2 aromatic rings. The van der Waals surface area contributed by atoms with Crippen molar-refractivity contribution >= 4 is 45.4 Å². The average molecular weight is 475 g/mol. The third-order valence-electron chi connectivity index (χ3n) is 4.07. The molecule has 166 valence electrons. The molecule has 3 rings (SSSR count). The Labute approximate surface area is 179 Å². The topological polar surface area (TPSA) is 112 Å². The van der Waals surface area contributed by atoms with Crippen molar-refractivity contribution in [2.75, 3.05) is 23.2 Å². The van der Waals surface area contributed by atoms with Crippen LogP contribution in [0.2, 0.25) is 0 Å². The van der Waals surface area contributed by atoms with Gasteiger partial charge in [-0.2, -0.15) is 21.6 Å². The van der Waals surface area contributed by atoms with Crippen LogP contribution in [-0.2, 0) is 21.5 Å². The van der Waals surface area contributed by atoms with Crippen LogP contribution in [0.15, 0.2) is 47.5 Å². The first kappa shape index (κ1) is 22.8. The summed E-state index contributed by atoms with van der Waals surface area (Å²) in [5.74, 6) is -0.508. The van der Waals surface area contributed by atoms with Gasteiger partial charge >= 0.3 is 11.5 Å². The van der Waals surface area contributed by atoms with Gasteiger partial charge < -0.3 is 4.90 Å². The van der Waals surface area contributed by atoms with E-state index in [1.165, 1.54) is 48.5 Å². The van der Waals surface area contributed by atoms with Crippen LogP contribution in [0.4, 0.5) is 29.5 Å². The van der Waals surface area contributed by atoms with Gasteiger partial charge in [-0.25, -0.2) is 19.4 Å². The molecule has 9 nitrogen and oxygen atoms in total. The molecule has 1 aromatic carbocycles. The lowest BCUT2D eigenvalue weighted by atomic mass is 10.2. The van der Waals surface area contributed by atoms with Crippen molar-refractivity contribution in [3.8, 4) is 0 Å². The zero-order chi connectivity index (χ0) is 22.8. The van der Waals surface area contributed by atoms with Gasteiger partial charge in [0.15, 0.2) is 0 Å². The van der Waals surface area contributed by atoms with Crippen molar-refractivity contribution in [3.63, 3.8) is 0 Å². The molecule has 1 saturated heterocycles. The van der Waals surface area contributed by atoms with Gasteiger partial charge in [0.1, 0.15) is 12.4 Å². The lowest BCUT2D eigenvalue weighted by Crippen LogP contribution is -2.32. The molecule has 31 heavy (non-hydrogen) atoms. The smallest absolute Gasteiger partial charge is 0.310 e. The molecule has 0 atom stereocenters. The number of carbonyl (C=O) groups excluding carboxylic acids is 2. The Bertz CT molecular complexity index is 1090. The van der Waals surface area contributed by atoms with Gasteiger partial charge in [0.2, 0.25) is 0 Å². The second-order valence-electron chi connectivity index (χ2n) is 6.27. The number of aromatic nitrogens is 1. The summed E-state index contributed by atoms with van der Waals surface area (Å²) < 4.78 is 64.8. The van der Waals surface area contributed by atoms with E-state index in [4.69, 9.17) is 0 Å². The number of urea groups is 1. The number of benzene rings is 1. The van der Waals surface area contributed by atoms with E-state index in [0.717, 1.165) is 4.90 Å². The number of rotatable bonds is 7. The number of halogens is 3. The van der Waals surface area contributed by atoms with Crippen LogP contribution in [0.3, 0.4) is 0 Å². The molecule has 0 radical (unpaired) electrons. The summed E-state index contributed by atoms with van der Waals surface area (Å²) >= 11 is -0.295. The van der Waals surface area contributed by atoms with Crippen LogP contribution in [0.1, 0.15) is 5.56 Å². The van der Waals surface area contributed by atoms with Crippen molar-refractivity contribution in [1.29, 1.82) is 0 Å². The molecule has 0 bridgehead atoms. The fraction of sp³-hybridized carbons (Fsp3) is 0.235. The molecular weight excluding hydrogens is 459 g/mol. The highest BCUT2D eigenvalue weighted by Gasteiger charge is 2.37. The quantitative estimate of drug-likeness (QED) is 0.470. The van der Waals surface area contributed by atoms with E-state index in [9.17, 15) is 31.2 Å². The number of amides is 3. The molecule has 1 fully saturated rings. The molecule has 2 N–H and O–H groups in total. The highest BCUT2D eigenvalue weighted by Crippen LogP contribution is 2.37. The Morgan fingerprint density at radius 1 is 1.16 bits per heavy atom. The molecule has 14 heteroatoms. The maximum absolute atomic E-state index is 12.7. The van der Waals surface area contributed by atoms with Gasteiger partial charge in [-0.05, 0) is 53.7 Å². The summed E-state index contributed by atoms with van der Waals surface area (Å²) in [6.45, 7) is -0.238. The van der Waals surface area contributed by atoms with Gasteiger partial charge in [0.25, 0.3) is 16.1 Å². The van der Waals surface area contributed by atoms with E-state index >= 15 is 0 Å². The summed E-state index contributed by atoms with van der Waals surface area (Å²) in [6, 6.07) is 7.23. The van der Waals surface area contributed by atoms with Gasteiger partial charge in [-0.3, -0.25) is 9.52 Å². The number of anilines is 2. The monoisotopic (exact) mass is 475 g/mol. The van der Waals surface area contributed by atoms with Gasteiger partial charge in [0.05, 0.1) is 5.69 Å². The van der Waals surface area contributed by atoms with E-state index in [2.05, 4.69) is 14.4 Å². The Morgan fingerprint density at radius 2 is 1.84 bits per heavy atom. The normalized spacial score (nSPS) is 15.0. The predicted octanol–water partition coefficient (Wildman–Crippen LogP) is 2.54. The van der Waals surface area contributed by atoms with Crippen LogP contribution in [0.25, 0.3) is 0 Å². The van der Waals surface area contributed by atoms with Gasteiger partial charge in [-0.15, -0.1) is 0 Å². The van der Waals surface area contributed by atoms with Crippen LogP contribution >= 0.6 is 11.8 Å². The number of thioether (sulfide) groups is 1. The Morgan fingerprint density at radius 3 is 2.45 bits per heavy atom. The first-order valence-corrected chi connectivity index (χ1v) is 10.9. The van der Waals surface area contributed by atoms with Crippen molar-refractivity contribution in [2.24, 2.45) is 0 Å². The Hall–Kier alpha value is -2.84. The van der Waals surface area contributed by atoms with Crippen molar-refractivity contribution < 1.29 is 31.2 Å². The average Bonchev–Trinajstić information content (AvgIpc) is 2.94. The molecule has 1 aromatic heterocycles. The number of imide groups is 1. The van der Waals surface area contributed by atoms with Crippen LogP contribution in [0, 0.1) is 0 Å². The summed E-state index contributed by atoms with van der Waals surface area (Å²) in [5, 5.41) is 0. The van der Waals surface area contributed by atoms with E-state index in [0.29, 0.717) is 5.56 Å². The van der Waals surface area contributed by atoms with Crippen molar-refractivity contribution in [1.82, 2.24) is 14.6 Å². The molecule has 3 amide bonds. The van der Waals surface area contributed by atoms with Gasteiger partial charge in [0, 0.05) is 24.7 Å². The number of carbonyl (C=O) groups is 2. The zero-order valence-electron chi connectivity index (χ0n) is 15.9. The maximum Gasteiger partial charge on any atom is 0.446 e. The molecule has 2 heterocycles. The number of hydrogen-bond donors (Lipinski definition) is 2. The zero-order valence-corrected chi connectivity index (χ0v) is 17.5. The fourth-order valence-corrected chi connectivity index (χ4v) is 3.79. The van der Waals surface area contributed by atoms with E-state index < -0.39 is 27.7 Å². The number of pyridine rings is 1. The highest BCUT2D eigenvalue weighted by atomic mass is 32.2. The lowest BCUT2D eigenvalue weighted by molar-refractivity contribution is -0.116. The highest BCUT2D eigenvalue weighted by molar-refractivity contribution is 8.00. The first-order chi connectivity index (χ1) is 14.5. The second kappa shape index (κ2) is 8.72. The molecule has 0 spiro atoms. The van der Waals surface area contributed by atoms with E-state index in [1.54, 1.807) is 6.07 Å². The van der Waals surface area contributed by atoms with Crippen molar-refractivity contribution in [3.05, 3.63) is 48.2 Å². The van der Waals surface area contributed by atoms with Crippen LogP contribution in [0.5, 0.6) is 0 Å².